The SMILES string of the molecule is CC(C)(C[C@H](c1cccc(Cl)c1)C1CCCC1)S(N)=O. The fourth-order valence-corrected chi connectivity index (χ4v) is 3.81. The Labute approximate surface area is 129 Å². The third-order valence-electron chi connectivity index (χ3n) is 4.50. The third-order valence-corrected chi connectivity index (χ3v) is 5.99. The molecule has 2 nitrogen and oxygen atoms in total. The van der Waals surface area contributed by atoms with E-state index >= 15 is 0 Å². The molecule has 1 aromatic rings. The minimum atomic E-state index is -1.31. The second-order valence-corrected chi connectivity index (χ2v) is 8.60. The molecule has 0 bridgehead atoms. The highest BCUT2D eigenvalue weighted by Crippen LogP contribution is 2.42. The zero-order chi connectivity index (χ0) is 14.8. The van der Waals surface area contributed by atoms with E-state index in [0.29, 0.717) is 11.8 Å². The minimum absolute atomic E-state index is 0.366. The lowest BCUT2D eigenvalue weighted by Gasteiger charge is -2.31. The van der Waals surface area contributed by atoms with Crippen LogP contribution >= 0.6 is 11.6 Å². The summed E-state index contributed by atoms with van der Waals surface area (Å²) in [6.07, 6.45) is 5.96. The molecular formula is C16H24ClNOS. The summed E-state index contributed by atoms with van der Waals surface area (Å²) in [5.74, 6) is 1.06. The molecule has 0 heterocycles. The molecular weight excluding hydrogens is 290 g/mol. The first kappa shape index (κ1) is 16.0. The van der Waals surface area contributed by atoms with Crippen LogP contribution in [0.15, 0.2) is 24.3 Å². The summed E-state index contributed by atoms with van der Waals surface area (Å²) in [5, 5.41) is 6.45. The van der Waals surface area contributed by atoms with E-state index in [9.17, 15) is 4.21 Å². The molecule has 112 valence electrons. The molecule has 2 rings (SSSR count). The van der Waals surface area contributed by atoms with Crippen LogP contribution in [0.1, 0.15) is 57.4 Å². The average Bonchev–Trinajstić information content (AvgIpc) is 2.89. The number of hydrogen-bond acceptors (Lipinski definition) is 1. The molecule has 20 heavy (non-hydrogen) atoms. The third kappa shape index (κ3) is 3.84. The molecule has 1 aliphatic carbocycles. The van der Waals surface area contributed by atoms with Gasteiger partial charge in [0.05, 0.1) is 15.7 Å². The summed E-state index contributed by atoms with van der Waals surface area (Å²) in [6.45, 7) is 3.99. The van der Waals surface area contributed by atoms with Gasteiger partial charge in [-0.2, -0.15) is 0 Å². The van der Waals surface area contributed by atoms with Crippen LogP contribution in [0.25, 0.3) is 0 Å². The van der Waals surface area contributed by atoms with Gasteiger partial charge in [-0.15, -0.1) is 0 Å². The lowest BCUT2D eigenvalue weighted by molar-refractivity contribution is 0.380. The van der Waals surface area contributed by atoms with Gasteiger partial charge < -0.3 is 0 Å². The van der Waals surface area contributed by atoms with Gasteiger partial charge >= 0.3 is 0 Å². The fraction of sp³-hybridized carbons (Fsp3) is 0.625. The number of nitrogens with two attached hydrogens (primary N) is 1. The van der Waals surface area contributed by atoms with Crippen molar-refractivity contribution in [2.75, 3.05) is 0 Å². The molecule has 1 aromatic carbocycles. The lowest BCUT2D eigenvalue weighted by Crippen LogP contribution is -2.35. The summed E-state index contributed by atoms with van der Waals surface area (Å²) >= 11 is 6.14. The Morgan fingerprint density at radius 1 is 1.40 bits per heavy atom. The Morgan fingerprint density at radius 2 is 2.05 bits per heavy atom. The Kier molecular flexibility index (Phi) is 5.27. The molecule has 0 radical (unpaired) electrons. The smallest absolute Gasteiger partial charge is 0.0945 e. The molecule has 1 fully saturated rings. The monoisotopic (exact) mass is 313 g/mol. The summed E-state index contributed by atoms with van der Waals surface area (Å²) in [5.41, 5.74) is 1.27. The van der Waals surface area contributed by atoms with Crippen molar-refractivity contribution in [1.82, 2.24) is 0 Å². The number of halogens is 1. The van der Waals surface area contributed by atoms with Crippen LogP contribution in [0.2, 0.25) is 5.02 Å². The number of rotatable bonds is 5. The molecule has 0 aromatic heterocycles. The normalized spacial score (nSPS) is 20.0. The zero-order valence-corrected chi connectivity index (χ0v) is 13.8. The Hall–Kier alpha value is -0.380. The first-order valence-electron chi connectivity index (χ1n) is 7.32. The molecule has 0 saturated heterocycles. The molecule has 2 N–H and O–H groups in total. The number of benzene rings is 1. The van der Waals surface area contributed by atoms with E-state index in [1.165, 1.54) is 31.2 Å². The van der Waals surface area contributed by atoms with Crippen LogP contribution in [-0.2, 0) is 11.0 Å². The van der Waals surface area contributed by atoms with Crippen LogP contribution in [0.3, 0.4) is 0 Å². The van der Waals surface area contributed by atoms with Gasteiger partial charge in [0.1, 0.15) is 0 Å². The van der Waals surface area contributed by atoms with Gasteiger partial charge in [0, 0.05) is 5.02 Å². The van der Waals surface area contributed by atoms with E-state index in [0.717, 1.165) is 11.4 Å². The summed E-state index contributed by atoms with van der Waals surface area (Å²) < 4.78 is 11.4. The summed E-state index contributed by atoms with van der Waals surface area (Å²) in [4.78, 5) is 0. The number of hydrogen-bond donors (Lipinski definition) is 1. The van der Waals surface area contributed by atoms with Crippen molar-refractivity contribution in [3.8, 4) is 0 Å². The van der Waals surface area contributed by atoms with Crippen molar-refractivity contribution < 1.29 is 4.21 Å². The molecule has 0 amide bonds. The van der Waals surface area contributed by atoms with Crippen LogP contribution < -0.4 is 5.14 Å². The van der Waals surface area contributed by atoms with Crippen molar-refractivity contribution in [1.29, 1.82) is 0 Å². The molecule has 1 aliphatic rings. The maximum Gasteiger partial charge on any atom is 0.0945 e. The fourth-order valence-electron chi connectivity index (χ4n) is 3.27. The predicted octanol–water partition coefficient (Wildman–Crippen LogP) is 4.40. The molecule has 0 spiro atoms. The van der Waals surface area contributed by atoms with Gasteiger partial charge in [-0.3, -0.25) is 5.14 Å². The van der Waals surface area contributed by atoms with E-state index in [4.69, 9.17) is 16.7 Å². The molecule has 4 heteroatoms. The van der Waals surface area contributed by atoms with Gasteiger partial charge in [-0.05, 0) is 62.6 Å². The van der Waals surface area contributed by atoms with E-state index in [1.54, 1.807) is 0 Å². The van der Waals surface area contributed by atoms with E-state index in [1.807, 2.05) is 26.0 Å². The first-order valence-corrected chi connectivity index (χ1v) is 8.91. The second-order valence-electron chi connectivity index (χ2n) is 6.47. The minimum Gasteiger partial charge on any atom is -0.251 e. The Morgan fingerprint density at radius 3 is 2.60 bits per heavy atom. The van der Waals surface area contributed by atoms with Crippen LogP contribution in [0, 0.1) is 5.92 Å². The van der Waals surface area contributed by atoms with Gasteiger partial charge in [-0.1, -0.05) is 36.6 Å². The summed E-state index contributed by atoms with van der Waals surface area (Å²) in [7, 11) is -1.31. The van der Waals surface area contributed by atoms with E-state index < -0.39 is 11.0 Å². The Balaban J connectivity index is 2.27. The first-order chi connectivity index (χ1) is 9.40. The van der Waals surface area contributed by atoms with Crippen molar-refractivity contribution in [2.24, 2.45) is 11.1 Å². The van der Waals surface area contributed by atoms with E-state index in [2.05, 4.69) is 12.1 Å². The van der Waals surface area contributed by atoms with Crippen LogP contribution in [-0.4, -0.2) is 8.96 Å². The highest BCUT2D eigenvalue weighted by atomic mass is 35.5. The van der Waals surface area contributed by atoms with Crippen molar-refractivity contribution in [3.05, 3.63) is 34.9 Å². The standard InChI is InChI=1S/C16H24ClNOS/c1-16(2,20(18)19)11-15(12-6-3-4-7-12)13-8-5-9-14(17)10-13/h5,8-10,12,15H,3-4,6-7,11,18H2,1-2H3/t15-,20?/m0/s1. The van der Waals surface area contributed by atoms with Gasteiger partial charge in [0.25, 0.3) is 0 Å². The maximum atomic E-state index is 11.8. The van der Waals surface area contributed by atoms with Crippen LogP contribution in [0.4, 0.5) is 0 Å². The Bertz CT molecular complexity index is 483. The second kappa shape index (κ2) is 6.59. The van der Waals surface area contributed by atoms with Gasteiger partial charge in [0.2, 0.25) is 0 Å². The molecule has 0 aliphatic heterocycles. The molecule has 2 atom stereocenters. The molecule has 1 unspecified atom stereocenters. The largest absolute Gasteiger partial charge is 0.251 e. The van der Waals surface area contributed by atoms with E-state index in [-0.39, 0.29) is 4.75 Å². The highest BCUT2D eigenvalue weighted by Gasteiger charge is 2.34. The van der Waals surface area contributed by atoms with Crippen molar-refractivity contribution in [3.63, 3.8) is 0 Å². The molecule has 1 saturated carbocycles. The van der Waals surface area contributed by atoms with Crippen molar-refractivity contribution >= 4 is 22.6 Å². The zero-order valence-electron chi connectivity index (χ0n) is 12.3. The maximum absolute atomic E-state index is 11.8. The summed E-state index contributed by atoms with van der Waals surface area (Å²) in [6, 6.07) is 8.11. The highest BCUT2D eigenvalue weighted by molar-refractivity contribution is 7.84. The van der Waals surface area contributed by atoms with Crippen LogP contribution in [0.5, 0.6) is 0 Å². The topological polar surface area (TPSA) is 43.1 Å². The lowest BCUT2D eigenvalue weighted by atomic mass is 9.79. The average molecular weight is 314 g/mol. The predicted molar refractivity (Wildman–Crippen MR) is 87.2 cm³/mol. The van der Waals surface area contributed by atoms with Gasteiger partial charge in [-0.25, -0.2) is 4.21 Å². The quantitative estimate of drug-likeness (QED) is 0.860. The van der Waals surface area contributed by atoms with Gasteiger partial charge in [0.15, 0.2) is 0 Å². The van der Waals surface area contributed by atoms with Crippen molar-refractivity contribution in [2.45, 2.75) is 56.6 Å².